The Morgan fingerprint density at radius 2 is 1.84 bits per heavy atom. The Morgan fingerprint density at radius 1 is 1.21 bits per heavy atom. The average Bonchev–Trinajstić information content (AvgIpc) is 2.37. The van der Waals surface area contributed by atoms with Crippen molar-refractivity contribution in [3.8, 4) is 0 Å². The zero-order chi connectivity index (χ0) is 14.0. The van der Waals surface area contributed by atoms with Gasteiger partial charge in [0.25, 0.3) is 0 Å². The van der Waals surface area contributed by atoms with Gasteiger partial charge in [-0.15, -0.1) is 0 Å². The van der Waals surface area contributed by atoms with Crippen molar-refractivity contribution >= 4 is 0 Å². The molecule has 0 aromatic heterocycles. The Kier molecular flexibility index (Phi) is 4.10. The van der Waals surface area contributed by atoms with Gasteiger partial charge in [-0.2, -0.15) is 13.2 Å². The lowest BCUT2D eigenvalue weighted by atomic mass is 9.87. The molecule has 1 heterocycles. The number of hydrogen-bond acceptors (Lipinski definition) is 2. The van der Waals surface area contributed by atoms with E-state index in [1.807, 2.05) is 0 Å². The molecule has 0 aliphatic carbocycles. The molecule has 2 nitrogen and oxygen atoms in total. The number of benzene rings is 1. The molecule has 0 radical (unpaired) electrons. The third-order valence-corrected chi connectivity index (χ3v) is 3.46. The molecule has 0 bridgehead atoms. The Labute approximate surface area is 108 Å². The first-order valence-corrected chi connectivity index (χ1v) is 6.09. The van der Waals surface area contributed by atoms with Crippen molar-refractivity contribution in [2.24, 2.45) is 11.7 Å². The van der Waals surface area contributed by atoms with Crippen molar-refractivity contribution in [3.05, 3.63) is 35.1 Å². The predicted molar refractivity (Wildman–Crippen MR) is 61.9 cm³/mol. The van der Waals surface area contributed by atoms with Crippen LogP contribution in [0.3, 0.4) is 0 Å². The van der Waals surface area contributed by atoms with Gasteiger partial charge >= 0.3 is 6.18 Å². The highest BCUT2D eigenvalue weighted by Crippen LogP contribution is 2.34. The normalized spacial score (nSPS) is 19.4. The molecule has 19 heavy (non-hydrogen) atoms. The second-order valence-electron chi connectivity index (χ2n) is 4.71. The van der Waals surface area contributed by atoms with Gasteiger partial charge in [0.1, 0.15) is 5.82 Å². The molecule has 1 aliphatic rings. The summed E-state index contributed by atoms with van der Waals surface area (Å²) in [6.07, 6.45) is -3.20. The molecule has 1 aromatic rings. The Bertz CT molecular complexity index is 441. The minimum absolute atomic E-state index is 0.116. The van der Waals surface area contributed by atoms with Crippen LogP contribution in [0.1, 0.15) is 30.0 Å². The highest BCUT2D eigenvalue weighted by Gasteiger charge is 2.34. The summed E-state index contributed by atoms with van der Waals surface area (Å²) in [5.41, 5.74) is 5.14. The molecule has 1 fully saturated rings. The quantitative estimate of drug-likeness (QED) is 0.842. The molecule has 1 aromatic carbocycles. The summed E-state index contributed by atoms with van der Waals surface area (Å²) in [6, 6.07) is 2.44. The molecule has 2 N–H and O–H groups in total. The van der Waals surface area contributed by atoms with E-state index in [2.05, 4.69) is 0 Å². The molecule has 1 atom stereocenters. The van der Waals surface area contributed by atoms with Crippen LogP contribution in [0.2, 0.25) is 0 Å². The van der Waals surface area contributed by atoms with Crippen molar-refractivity contribution in [1.29, 1.82) is 0 Å². The largest absolute Gasteiger partial charge is 0.419 e. The fourth-order valence-electron chi connectivity index (χ4n) is 2.32. The van der Waals surface area contributed by atoms with Crippen molar-refractivity contribution in [2.75, 3.05) is 13.2 Å². The number of hydrogen-bond donors (Lipinski definition) is 1. The van der Waals surface area contributed by atoms with Crippen molar-refractivity contribution in [3.63, 3.8) is 0 Å². The molecule has 0 saturated carbocycles. The SMILES string of the molecule is N[C@@H](c1ccc(C(F)(F)F)c(F)c1)C1CCOCC1. The predicted octanol–water partition coefficient (Wildman–Crippen LogP) is 3.27. The smallest absolute Gasteiger partial charge is 0.381 e. The van der Waals surface area contributed by atoms with Gasteiger partial charge in [-0.3, -0.25) is 0 Å². The van der Waals surface area contributed by atoms with E-state index in [1.165, 1.54) is 6.07 Å². The van der Waals surface area contributed by atoms with Gasteiger partial charge < -0.3 is 10.5 Å². The van der Waals surface area contributed by atoms with Crippen LogP contribution in [0.15, 0.2) is 18.2 Å². The number of nitrogens with two attached hydrogens (primary N) is 1. The van der Waals surface area contributed by atoms with Gasteiger partial charge in [0.2, 0.25) is 0 Å². The van der Waals surface area contributed by atoms with Gasteiger partial charge in [-0.1, -0.05) is 6.07 Å². The topological polar surface area (TPSA) is 35.2 Å². The summed E-state index contributed by atoms with van der Waals surface area (Å²) < 4.78 is 56.0. The zero-order valence-electron chi connectivity index (χ0n) is 10.2. The van der Waals surface area contributed by atoms with Gasteiger partial charge in [-0.05, 0) is 36.5 Å². The lowest BCUT2D eigenvalue weighted by molar-refractivity contribution is -0.140. The Morgan fingerprint density at radius 3 is 2.37 bits per heavy atom. The molecular weight excluding hydrogens is 262 g/mol. The first kappa shape index (κ1) is 14.3. The molecule has 2 rings (SSSR count). The molecule has 0 amide bonds. The number of rotatable bonds is 2. The lowest BCUT2D eigenvalue weighted by Crippen LogP contribution is -2.27. The maximum atomic E-state index is 13.5. The van der Waals surface area contributed by atoms with Gasteiger partial charge in [0, 0.05) is 19.3 Å². The standard InChI is InChI=1S/C13H15F4NO/c14-11-7-9(1-2-10(11)13(15,16)17)12(18)8-3-5-19-6-4-8/h1-2,7-8,12H,3-6,18H2/t12-/m1/s1. The minimum atomic E-state index is -4.68. The van der Waals surface area contributed by atoms with Gasteiger partial charge in [0.15, 0.2) is 0 Å². The van der Waals surface area contributed by atoms with Crippen LogP contribution in [0.25, 0.3) is 0 Å². The van der Waals surface area contributed by atoms with Crippen LogP contribution in [0.4, 0.5) is 17.6 Å². The molecule has 0 unspecified atom stereocenters. The average molecular weight is 277 g/mol. The van der Waals surface area contributed by atoms with E-state index >= 15 is 0 Å². The van der Waals surface area contributed by atoms with E-state index in [0.29, 0.717) is 18.8 Å². The highest BCUT2D eigenvalue weighted by atomic mass is 19.4. The number of halogens is 4. The molecular formula is C13H15F4NO. The van der Waals surface area contributed by atoms with Crippen molar-refractivity contribution in [1.82, 2.24) is 0 Å². The summed E-state index contributed by atoms with van der Waals surface area (Å²) in [6.45, 7) is 1.17. The van der Waals surface area contributed by atoms with E-state index in [9.17, 15) is 17.6 Å². The van der Waals surface area contributed by atoms with Crippen molar-refractivity contribution < 1.29 is 22.3 Å². The summed E-state index contributed by atoms with van der Waals surface area (Å²) in [7, 11) is 0. The first-order valence-electron chi connectivity index (χ1n) is 6.09. The maximum Gasteiger partial charge on any atom is 0.419 e. The van der Waals surface area contributed by atoms with E-state index in [1.54, 1.807) is 0 Å². The van der Waals surface area contributed by atoms with Gasteiger partial charge in [-0.25, -0.2) is 4.39 Å². The lowest BCUT2D eigenvalue weighted by Gasteiger charge is -2.28. The Balaban J connectivity index is 2.19. The van der Waals surface area contributed by atoms with E-state index in [4.69, 9.17) is 10.5 Å². The monoisotopic (exact) mass is 277 g/mol. The van der Waals surface area contributed by atoms with Crippen LogP contribution in [-0.2, 0) is 10.9 Å². The van der Waals surface area contributed by atoms with Crippen LogP contribution in [-0.4, -0.2) is 13.2 Å². The summed E-state index contributed by atoms with van der Waals surface area (Å²) in [5, 5.41) is 0. The molecule has 1 aliphatic heterocycles. The number of alkyl halides is 3. The first-order chi connectivity index (χ1) is 8.89. The van der Waals surface area contributed by atoms with Crippen LogP contribution in [0.5, 0.6) is 0 Å². The third-order valence-electron chi connectivity index (χ3n) is 3.46. The number of ether oxygens (including phenoxy) is 1. The van der Waals surface area contributed by atoms with Crippen LogP contribution >= 0.6 is 0 Å². The molecule has 6 heteroatoms. The second kappa shape index (κ2) is 5.46. The third kappa shape index (κ3) is 3.25. The van der Waals surface area contributed by atoms with E-state index < -0.39 is 23.6 Å². The summed E-state index contributed by atoms with van der Waals surface area (Å²) >= 11 is 0. The van der Waals surface area contributed by atoms with Crippen LogP contribution < -0.4 is 5.73 Å². The van der Waals surface area contributed by atoms with Crippen LogP contribution in [0, 0.1) is 11.7 Å². The molecule has 1 saturated heterocycles. The maximum absolute atomic E-state index is 13.5. The fourth-order valence-corrected chi connectivity index (χ4v) is 2.32. The van der Waals surface area contributed by atoms with E-state index in [-0.39, 0.29) is 5.92 Å². The zero-order valence-corrected chi connectivity index (χ0v) is 10.2. The van der Waals surface area contributed by atoms with Gasteiger partial charge in [0.05, 0.1) is 5.56 Å². The summed E-state index contributed by atoms with van der Waals surface area (Å²) in [4.78, 5) is 0. The van der Waals surface area contributed by atoms with Crippen molar-refractivity contribution in [2.45, 2.75) is 25.1 Å². The Hall–Kier alpha value is -1.14. The van der Waals surface area contributed by atoms with E-state index in [0.717, 1.165) is 25.0 Å². The fraction of sp³-hybridized carbons (Fsp3) is 0.538. The second-order valence-corrected chi connectivity index (χ2v) is 4.71. The summed E-state index contributed by atoms with van der Waals surface area (Å²) in [5.74, 6) is -1.16. The molecule has 0 spiro atoms. The molecule has 106 valence electrons. The minimum Gasteiger partial charge on any atom is -0.381 e. The highest BCUT2D eigenvalue weighted by molar-refractivity contribution is 5.28.